The van der Waals surface area contributed by atoms with Crippen LogP contribution in [0.2, 0.25) is 0 Å². The molecule has 9 rings (SSSR count). The Morgan fingerprint density at radius 3 is 1.77 bits per heavy atom. The standard InChI is InChI=1S/C67H71N3O/c1-41(2)48-37-55(42(3)4)63(71)58(38-48)64-69-62-54(49-34-50(36-53(35-49)67(12,13)14)59-39-47(31-32-68-59)44-23-27-51(28-24-44)65(6,7)8)21-18-22-60(62)70(64)61-40-56(45-19-16-15-17-20-45)43(5)33-57(61)46-25-29-52(30-26-46)66(9,10)11/h15-42,71H,1-14H3/i6D3,7D3,8D3. The lowest BCUT2D eigenvalue weighted by atomic mass is 9.83. The Balaban J connectivity index is 1.30. The summed E-state index contributed by atoms with van der Waals surface area (Å²) in [5.74, 6) is 0.981. The third-order valence-corrected chi connectivity index (χ3v) is 13.9. The first-order valence-electron chi connectivity index (χ1n) is 29.2. The van der Waals surface area contributed by atoms with Crippen molar-refractivity contribution in [1.82, 2.24) is 14.5 Å². The molecule has 0 saturated carbocycles. The lowest BCUT2D eigenvalue weighted by Crippen LogP contribution is -2.11. The predicted molar refractivity (Wildman–Crippen MR) is 302 cm³/mol. The monoisotopic (exact) mass is 943 g/mol. The number of aromatic hydroxyl groups is 1. The smallest absolute Gasteiger partial charge is 0.149 e. The van der Waals surface area contributed by atoms with E-state index in [1.54, 1.807) is 18.3 Å². The van der Waals surface area contributed by atoms with Gasteiger partial charge in [-0.25, -0.2) is 4.98 Å². The molecule has 360 valence electrons. The number of aromatic nitrogens is 3. The van der Waals surface area contributed by atoms with Crippen molar-refractivity contribution in [2.24, 2.45) is 0 Å². The molecule has 0 aliphatic rings. The first-order valence-corrected chi connectivity index (χ1v) is 24.7. The van der Waals surface area contributed by atoms with E-state index in [9.17, 15) is 5.11 Å². The van der Waals surface area contributed by atoms with E-state index in [4.69, 9.17) is 22.3 Å². The molecule has 0 aliphatic heterocycles. The van der Waals surface area contributed by atoms with Crippen molar-refractivity contribution < 1.29 is 17.4 Å². The summed E-state index contributed by atoms with van der Waals surface area (Å²) >= 11 is 0. The van der Waals surface area contributed by atoms with E-state index in [2.05, 4.69) is 190 Å². The molecule has 0 saturated heterocycles. The fourth-order valence-electron chi connectivity index (χ4n) is 9.62. The third kappa shape index (κ3) is 9.74. The van der Waals surface area contributed by atoms with Crippen molar-refractivity contribution in [2.45, 2.75) is 125 Å². The van der Waals surface area contributed by atoms with E-state index in [1.807, 2.05) is 18.2 Å². The summed E-state index contributed by atoms with van der Waals surface area (Å²) in [7, 11) is 0. The summed E-state index contributed by atoms with van der Waals surface area (Å²) < 4.78 is 76.5. The highest BCUT2D eigenvalue weighted by molar-refractivity contribution is 5.98. The van der Waals surface area contributed by atoms with Crippen LogP contribution in [0, 0.1) is 6.92 Å². The summed E-state index contributed by atoms with van der Waals surface area (Å²) in [4.78, 5) is 10.6. The average Bonchev–Trinajstić information content (AvgIpc) is 3.94. The number of hydrogen-bond acceptors (Lipinski definition) is 3. The van der Waals surface area contributed by atoms with E-state index < -0.39 is 26.0 Å². The number of pyridine rings is 1. The zero-order valence-corrected chi connectivity index (χ0v) is 43.0. The largest absolute Gasteiger partial charge is 0.507 e. The van der Waals surface area contributed by atoms with Crippen LogP contribution in [0.1, 0.15) is 147 Å². The van der Waals surface area contributed by atoms with Crippen molar-refractivity contribution in [1.29, 1.82) is 0 Å². The Hall–Kier alpha value is -7.04. The summed E-state index contributed by atoms with van der Waals surface area (Å²) in [5.41, 5.74) is 13.4. The van der Waals surface area contributed by atoms with Crippen molar-refractivity contribution in [3.8, 4) is 78.6 Å². The first kappa shape index (κ1) is 38.7. The van der Waals surface area contributed by atoms with Gasteiger partial charge in [-0.05, 0) is 150 Å². The van der Waals surface area contributed by atoms with Gasteiger partial charge in [0.05, 0.1) is 28.0 Å². The minimum atomic E-state index is -3.37. The number of phenolic OH excluding ortho intramolecular Hbond substituents is 1. The Labute approximate surface area is 436 Å². The number of phenols is 1. The normalized spacial score (nSPS) is 14.8. The lowest BCUT2D eigenvalue weighted by Gasteiger charge is -2.22. The molecule has 4 nitrogen and oxygen atoms in total. The summed E-state index contributed by atoms with van der Waals surface area (Å²) in [6.45, 7) is 13.8. The molecule has 0 radical (unpaired) electrons. The Bertz CT molecular complexity index is 3720. The van der Waals surface area contributed by atoms with E-state index >= 15 is 0 Å². The van der Waals surface area contributed by atoms with Crippen LogP contribution < -0.4 is 0 Å². The lowest BCUT2D eigenvalue weighted by molar-refractivity contribution is 0.466. The van der Waals surface area contributed by atoms with Crippen LogP contribution in [0.5, 0.6) is 5.75 Å². The summed E-state index contributed by atoms with van der Waals surface area (Å²) in [5, 5.41) is 12.6. The van der Waals surface area contributed by atoms with Crippen LogP contribution in [0.25, 0.3) is 83.9 Å². The Morgan fingerprint density at radius 1 is 0.507 bits per heavy atom. The van der Waals surface area contributed by atoms with Crippen LogP contribution in [0.15, 0.2) is 158 Å². The highest BCUT2D eigenvalue weighted by Crippen LogP contribution is 2.46. The average molecular weight is 943 g/mol. The molecule has 0 atom stereocenters. The number of aryl methyl sites for hydroxylation is 1. The molecule has 2 aromatic heterocycles. The van der Waals surface area contributed by atoms with Gasteiger partial charge >= 0.3 is 0 Å². The van der Waals surface area contributed by atoms with Crippen LogP contribution >= 0.6 is 0 Å². The number of para-hydroxylation sites is 1. The fourth-order valence-corrected chi connectivity index (χ4v) is 9.62. The van der Waals surface area contributed by atoms with Gasteiger partial charge in [-0.15, -0.1) is 0 Å². The highest BCUT2D eigenvalue weighted by Gasteiger charge is 2.27. The van der Waals surface area contributed by atoms with E-state index in [0.717, 1.165) is 77.9 Å². The zero-order chi connectivity index (χ0) is 58.2. The molecule has 2 heterocycles. The number of nitrogens with zero attached hydrogens (tertiary/aromatic N) is 3. The summed E-state index contributed by atoms with van der Waals surface area (Å²) in [6, 6.07) is 50.3. The number of hydrogen-bond donors (Lipinski definition) is 1. The molecule has 1 N–H and O–H groups in total. The van der Waals surface area contributed by atoms with Gasteiger partial charge < -0.3 is 5.11 Å². The number of imidazole rings is 1. The van der Waals surface area contributed by atoms with Gasteiger partial charge in [0.25, 0.3) is 0 Å². The molecule has 4 heteroatoms. The van der Waals surface area contributed by atoms with Crippen molar-refractivity contribution in [3.63, 3.8) is 0 Å². The molecule has 7 aromatic carbocycles. The van der Waals surface area contributed by atoms with Gasteiger partial charge in [-0.1, -0.05) is 193 Å². The second kappa shape index (κ2) is 18.6. The van der Waals surface area contributed by atoms with E-state index in [0.29, 0.717) is 28.2 Å². The predicted octanol–water partition coefficient (Wildman–Crippen LogP) is 18.6. The van der Waals surface area contributed by atoms with Crippen LogP contribution in [-0.2, 0) is 16.2 Å². The Kier molecular flexibility index (Phi) is 10.1. The molecule has 71 heavy (non-hydrogen) atoms. The van der Waals surface area contributed by atoms with Crippen LogP contribution in [0.4, 0.5) is 0 Å². The topological polar surface area (TPSA) is 50.9 Å². The van der Waals surface area contributed by atoms with Crippen molar-refractivity contribution in [2.75, 3.05) is 0 Å². The van der Waals surface area contributed by atoms with Gasteiger partial charge in [-0.2, -0.15) is 0 Å². The number of fused-ring (bicyclic) bond motifs is 1. The number of rotatable bonds is 9. The second-order valence-corrected chi connectivity index (χ2v) is 21.9. The summed E-state index contributed by atoms with van der Waals surface area (Å²) in [6.07, 6.45) is 1.69. The second-order valence-electron chi connectivity index (χ2n) is 21.9. The van der Waals surface area contributed by atoms with Gasteiger partial charge in [-0.3, -0.25) is 9.55 Å². The SMILES string of the molecule is [2H]C([2H])([2H])C(c1ccc(-c2ccnc(-c3cc(-c4cccc5c4nc(-c4cc(C(C)C)cc(C(C)C)c4O)n5-c4cc(-c5ccccc5)c(C)cc4-c4ccc(C(C)(C)C)cc4)cc(C(C)(C)C)c3)c2)cc1)(C([2H])([2H])[2H])C([2H])([2H])[2H]. The maximum atomic E-state index is 12.6. The molecule has 0 amide bonds. The fraction of sp³-hybridized carbons (Fsp3) is 0.284. The van der Waals surface area contributed by atoms with Gasteiger partial charge in [0.15, 0.2) is 0 Å². The quantitative estimate of drug-likeness (QED) is 0.157. The molecular formula is C67H71N3O. The minimum absolute atomic E-state index is 0.0237. The molecule has 0 spiro atoms. The molecule has 0 unspecified atom stereocenters. The van der Waals surface area contributed by atoms with E-state index in [1.165, 1.54) is 17.7 Å². The van der Waals surface area contributed by atoms with Gasteiger partial charge in [0.2, 0.25) is 0 Å². The molecule has 0 fully saturated rings. The highest BCUT2D eigenvalue weighted by atomic mass is 16.3. The maximum absolute atomic E-state index is 12.6. The minimum Gasteiger partial charge on any atom is -0.507 e. The van der Waals surface area contributed by atoms with Crippen molar-refractivity contribution in [3.05, 3.63) is 191 Å². The molecule has 9 aromatic rings. The molecule has 0 bridgehead atoms. The first-order chi connectivity index (χ1) is 37.3. The van der Waals surface area contributed by atoms with Crippen molar-refractivity contribution >= 4 is 11.0 Å². The van der Waals surface area contributed by atoms with Crippen LogP contribution in [0.3, 0.4) is 0 Å². The number of benzene rings is 7. The molecular weight excluding hydrogens is 863 g/mol. The van der Waals surface area contributed by atoms with Gasteiger partial charge in [0, 0.05) is 35.2 Å². The van der Waals surface area contributed by atoms with Gasteiger partial charge in [0.1, 0.15) is 11.6 Å². The Morgan fingerprint density at radius 2 is 1.14 bits per heavy atom. The zero-order valence-electron chi connectivity index (χ0n) is 52.0. The maximum Gasteiger partial charge on any atom is 0.149 e. The third-order valence-electron chi connectivity index (χ3n) is 13.9. The van der Waals surface area contributed by atoms with E-state index in [-0.39, 0.29) is 34.0 Å². The van der Waals surface area contributed by atoms with Crippen LogP contribution in [-0.4, -0.2) is 19.6 Å². The molecule has 0 aliphatic carbocycles.